The predicted octanol–water partition coefficient (Wildman–Crippen LogP) is 2.59. The van der Waals surface area contributed by atoms with Crippen molar-refractivity contribution >= 4 is 29.3 Å². The maximum absolute atomic E-state index is 12.8. The number of pyridine rings is 1. The summed E-state index contributed by atoms with van der Waals surface area (Å²) in [5.41, 5.74) is 3.67. The Labute approximate surface area is 173 Å². The lowest BCUT2D eigenvalue weighted by molar-refractivity contribution is 0.0950. The number of amides is 2. The summed E-state index contributed by atoms with van der Waals surface area (Å²) < 4.78 is 0. The van der Waals surface area contributed by atoms with E-state index in [-0.39, 0.29) is 24.6 Å². The van der Waals surface area contributed by atoms with Crippen LogP contribution >= 0.6 is 11.6 Å². The first kappa shape index (κ1) is 22.3. The molecule has 0 atom stereocenters. The zero-order valence-electron chi connectivity index (χ0n) is 16.9. The smallest absolute Gasteiger partial charge is 0.404 e. The molecule has 2 amide bonds. The van der Waals surface area contributed by atoms with Gasteiger partial charge in [-0.15, -0.1) is 0 Å². The van der Waals surface area contributed by atoms with Crippen molar-refractivity contribution in [1.82, 2.24) is 15.6 Å². The zero-order chi connectivity index (χ0) is 21.7. The van der Waals surface area contributed by atoms with E-state index in [2.05, 4.69) is 15.6 Å². The molecule has 9 heteroatoms. The van der Waals surface area contributed by atoms with Crippen molar-refractivity contribution in [3.05, 3.63) is 61.5 Å². The molecule has 0 spiro atoms. The van der Waals surface area contributed by atoms with Gasteiger partial charge in [0.05, 0.1) is 0 Å². The number of rotatable bonds is 7. The van der Waals surface area contributed by atoms with Gasteiger partial charge < -0.3 is 25.6 Å². The van der Waals surface area contributed by atoms with Gasteiger partial charge in [-0.1, -0.05) is 11.6 Å². The number of benzene rings is 1. The first-order chi connectivity index (χ1) is 13.6. The molecule has 0 radical (unpaired) electrons. The minimum atomic E-state index is -1.09. The second-order valence-electron chi connectivity index (χ2n) is 6.88. The van der Waals surface area contributed by atoms with Gasteiger partial charge >= 0.3 is 6.09 Å². The second kappa shape index (κ2) is 9.47. The van der Waals surface area contributed by atoms with Crippen LogP contribution in [0.1, 0.15) is 32.7 Å². The highest BCUT2D eigenvalue weighted by molar-refractivity contribution is 6.31. The van der Waals surface area contributed by atoms with Gasteiger partial charge in [0.1, 0.15) is 0 Å². The quantitative estimate of drug-likeness (QED) is 0.549. The number of hydrogen-bond donors (Lipinski definition) is 4. The Balaban J connectivity index is 2.19. The third-order valence-electron chi connectivity index (χ3n) is 4.64. The van der Waals surface area contributed by atoms with Crippen LogP contribution in [0, 0.1) is 20.8 Å². The third kappa shape index (κ3) is 5.74. The number of carboxylic acid groups (broad SMARTS) is 1. The summed E-state index contributed by atoms with van der Waals surface area (Å²) in [5, 5.41) is 14.2. The molecule has 0 unspecified atom stereocenters. The minimum absolute atomic E-state index is 0.0972. The van der Waals surface area contributed by atoms with E-state index in [1.54, 1.807) is 33.0 Å². The summed E-state index contributed by atoms with van der Waals surface area (Å²) in [6.07, 6.45) is -1.09. The van der Waals surface area contributed by atoms with Crippen LogP contribution in [-0.4, -0.2) is 42.2 Å². The van der Waals surface area contributed by atoms with E-state index in [0.717, 1.165) is 16.9 Å². The van der Waals surface area contributed by atoms with Crippen molar-refractivity contribution in [2.45, 2.75) is 27.3 Å². The standard InChI is InChI=1S/C20H25ClN4O4/c1-11-7-12(2)24-19(27)16(11)10-23-18(26)15-8-14(21)9-17(13(15)3)25(4)6-5-22-20(28)29/h7-9,22H,5-6,10H2,1-4H3,(H,23,26)(H,24,27)(H,28,29). The molecule has 1 aromatic heterocycles. The number of aromatic nitrogens is 1. The molecule has 0 aliphatic heterocycles. The minimum Gasteiger partial charge on any atom is -0.465 e. The normalized spacial score (nSPS) is 10.5. The van der Waals surface area contributed by atoms with Crippen LogP contribution in [0.2, 0.25) is 5.02 Å². The van der Waals surface area contributed by atoms with Crippen LogP contribution in [0.4, 0.5) is 10.5 Å². The number of nitrogens with one attached hydrogen (secondary N) is 3. The molecular weight excluding hydrogens is 396 g/mol. The summed E-state index contributed by atoms with van der Waals surface area (Å²) in [4.78, 5) is 40.1. The maximum Gasteiger partial charge on any atom is 0.404 e. The summed E-state index contributed by atoms with van der Waals surface area (Å²) >= 11 is 6.21. The van der Waals surface area contributed by atoms with E-state index in [9.17, 15) is 14.4 Å². The van der Waals surface area contributed by atoms with E-state index in [0.29, 0.717) is 28.3 Å². The number of carbonyl (C=O) groups is 2. The molecule has 1 aromatic carbocycles. The Morgan fingerprint density at radius 3 is 2.48 bits per heavy atom. The van der Waals surface area contributed by atoms with Gasteiger partial charge in [0.25, 0.3) is 11.5 Å². The van der Waals surface area contributed by atoms with Crippen molar-refractivity contribution in [1.29, 1.82) is 0 Å². The molecule has 0 fully saturated rings. The lowest BCUT2D eigenvalue weighted by atomic mass is 10.0. The average molecular weight is 421 g/mol. The monoisotopic (exact) mass is 420 g/mol. The third-order valence-corrected chi connectivity index (χ3v) is 4.86. The number of aryl methyl sites for hydroxylation is 2. The van der Waals surface area contributed by atoms with Gasteiger partial charge in [-0.25, -0.2) is 4.79 Å². The van der Waals surface area contributed by atoms with Gasteiger partial charge in [0.2, 0.25) is 0 Å². The molecule has 29 heavy (non-hydrogen) atoms. The molecule has 0 bridgehead atoms. The van der Waals surface area contributed by atoms with E-state index >= 15 is 0 Å². The van der Waals surface area contributed by atoms with Crippen molar-refractivity contribution in [3.63, 3.8) is 0 Å². The molecule has 0 saturated heterocycles. The van der Waals surface area contributed by atoms with Crippen molar-refractivity contribution in [2.75, 3.05) is 25.0 Å². The van der Waals surface area contributed by atoms with E-state index in [1.807, 2.05) is 17.9 Å². The Hall–Kier alpha value is -3.00. The van der Waals surface area contributed by atoms with Crippen molar-refractivity contribution in [2.24, 2.45) is 0 Å². The van der Waals surface area contributed by atoms with Crippen LogP contribution in [0.25, 0.3) is 0 Å². The molecule has 0 aliphatic rings. The van der Waals surface area contributed by atoms with E-state index in [4.69, 9.17) is 16.7 Å². The number of likely N-dealkylation sites (N-methyl/N-ethyl adjacent to an activating group) is 1. The number of H-pyrrole nitrogens is 1. The van der Waals surface area contributed by atoms with Crippen LogP contribution in [-0.2, 0) is 6.54 Å². The molecule has 2 aromatic rings. The van der Waals surface area contributed by atoms with Crippen LogP contribution < -0.4 is 21.1 Å². The SMILES string of the molecule is Cc1cc(C)c(CNC(=O)c2cc(Cl)cc(N(C)CCNC(=O)O)c2C)c(=O)[nH]1. The second-order valence-corrected chi connectivity index (χ2v) is 7.31. The van der Waals surface area contributed by atoms with Gasteiger partial charge in [0.15, 0.2) is 0 Å². The number of carbonyl (C=O) groups excluding carboxylic acids is 1. The number of hydrogen-bond acceptors (Lipinski definition) is 4. The highest BCUT2D eigenvalue weighted by Gasteiger charge is 2.17. The van der Waals surface area contributed by atoms with Crippen LogP contribution in [0.3, 0.4) is 0 Å². The molecule has 0 aliphatic carbocycles. The first-order valence-electron chi connectivity index (χ1n) is 9.05. The number of aromatic amines is 1. The summed E-state index contributed by atoms with van der Waals surface area (Å²) in [6.45, 7) is 6.16. The summed E-state index contributed by atoms with van der Waals surface area (Å²) in [6, 6.07) is 5.15. The zero-order valence-corrected chi connectivity index (χ0v) is 17.6. The van der Waals surface area contributed by atoms with Gasteiger partial charge in [0, 0.05) is 54.2 Å². The van der Waals surface area contributed by atoms with Gasteiger partial charge in [-0.2, -0.15) is 0 Å². The number of anilines is 1. The largest absolute Gasteiger partial charge is 0.465 e. The van der Waals surface area contributed by atoms with Crippen LogP contribution in [0.15, 0.2) is 23.0 Å². The number of nitrogens with zero attached hydrogens (tertiary/aromatic N) is 1. The molecule has 4 N–H and O–H groups in total. The van der Waals surface area contributed by atoms with Crippen LogP contribution in [0.5, 0.6) is 0 Å². The lowest BCUT2D eigenvalue weighted by Gasteiger charge is -2.23. The van der Waals surface area contributed by atoms with Gasteiger partial charge in [-0.3, -0.25) is 9.59 Å². The Morgan fingerprint density at radius 2 is 1.86 bits per heavy atom. The first-order valence-corrected chi connectivity index (χ1v) is 9.43. The van der Waals surface area contributed by atoms with Crippen molar-refractivity contribution < 1.29 is 14.7 Å². The Kier molecular flexibility index (Phi) is 7.28. The van der Waals surface area contributed by atoms with Crippen molar-refractivity contribution in [3.8, 4) is 0 Å². The topological polar surface area (TPSA) is 115 Å². The summed E-state index contributed by atoms with van der Waals surface area (Å²) in [5.74, 6) is -0.345. The molecule has 2 rings (SSSR count). The van der Waals surface area contributed by atoms with E-state index in [1.165, 1.54) is 0 Å². The van der Waals surface area contributed by atoms with E-state index < -0.39 is 6.09 Å². The fraction of sp³-hybridized carbons (Fsp3) is 0.350. The highest BCUT2D eigenvalue weighted by atomic mass is 35.5. The highest BCUT2D eigenvalue weighted by Crippen LogP contribution is 2.27. The average Bonchev–Trinajstić information content (AvgIpc) is 2.61. The van der Waals surface area contributed by atoms with Gasteiger partial charge in [-0.05, 0) is 50.1 Å². The Morgan fingerprint density at radius 1 is 1.17 bits per heavy atom. The predicted molar refractivity (Wildman–Crippen MR) is 113 cm³/mol. The molecule has 8 nitrogen and oxygen atoms in total. The molecule has 156 valence electrons. The molecule has 1 heterocycles. The summed E-state index contributed by atoms with van der Waals surface area (Å²) in [7, 11) is 1.79. The number of halogens is 1. The fourth-order valence-electron chi connectivity index (χ4n) is 3.11. The Bertz CT molecular complexity index is 987. The molecular formula is C20H25ClN4O4. The fourth-order valence-corrected chi connectivity index (χ4v) is 3.33. The maximum atomic E-state index is 12.8. The lowest BCUT2D eigenvalue weighted by Crippen LogP contribution is -2.33. The molecule has 0 saturated carbocycles.